The van der Waals surface area contributed by atoms with Crippen molar-refractivity contribution in [3.8, 4) is 17.1 Å². The van der Waals surface area contributed by atoms with E-state index in [4.69, 9.17) is 39.5 Å². The number of alkyl carbamates (subject to hydrolysis) is 1. The molecule has 2 amide bonds. The molecule has 3 aromatic rings. The molecule has 0 saturated heterocycles. The van der Waals surface area contributed by atoms with Crippen LogP contribution in [0.3, 0.4) is 0 Å². The summed E-state index contributed by atoms with van der Waals surface area (Å²) in [5.74, 6) is -2.33. The van der Waals surface area contributed by atoms with Crippen LogP contribution in [-0.4, -0.2) is 87.6 Å². The van der Waals surface area contributed by atoms with E-state index in [0.29, 0.717) is 23.3 Å². The Hall–Kier alpha value is -5.10. The standard InChI is InChI=1S/C37H47N5O12/c1-7-21-22-13-20(44)9-10-26(22)41-31-23(21)15-42-27(31)14-25-24(32(42)46)17-50-34(48)37(25,8-2)54-33(47)19(3)40-29(45)11-12-39-35(49)51-18-30(52-28(38)16-43)53-36(4,5)6/h9-10,13-14,19,28,30,43-44H,7-8,11-12,15-18,38H2,1-6H3,(H,39,49)(H,40,45)/t19-,28?,30?,37-/m0/s1. The van der Waals surface area contributed by atoms with Gasteiger partial charge in [0, 0.05) is 29.5 Å². The third-order valence-electron chi connectivity index (χ3n) is 9.08. The summed E-state index contributed by atoms with van der Waals surface area (Å²) < 4.78 is 28.9. The lowest BCUT2D eigenvalue weighted by Crippen LogP contribution is -2.50. The Bertz CT molecular complexity index is 2010. The Morgan fingerprint density at radius 2 is 1.89 bits per heavy atom. The third kappa shape index (κ3) is 8.33. The van der Waals surface area contributed by atoms with Crippen LogP contribution in [0.5, 0.6) is 5.75 Å². The molecule has 17 nitrogen and oxygen atoms in total. The van der Waals surface area contributed by atoms with Gasteiger partial charge in [-0.15, -0.1) is 0 Å². The van der Waals surface area contributed by atoms with Gasteiger partial charge >= 0.3 is 18.0 Å². The summed E-state index contributed by atoms with van der Waals surface area (Å²) in [6, 6.07) is 5.29. The number of benzene rings is 1. The normalized spacial score (nSPS) is 17.7. The number of esters is 2. The van der Waals surface area contributed by atoms with Crippen LogP contribution in [0.2, 0.25) is 0 Å². The smallest absolute Gasteiger partial charge is 0.407 e. The summed E-state index contributed by atoms with van der Waals surface area (Å²) in [6.07, 6.45) is -2.70. The summed E-state index contributed by atoms with van der Waals surface area (Å²) in [5, 5.41) is 25.0. The van der Waals surface area contributed by atoms with Gasteiger partial charge in [-0.1, -0.05) is 13.8 Å². The Labute approximate surface area is 311 Å². The van der Waals surface area contributed by atoms with Gasteiger partial charge in [0.1, 0.15) is 31.2 Å². The van der Waals surface area contributed by atoms with Crippen LogP contribution in [0.25, 0.3) is 22.3 Å². The fourth-order valence-electron chi connectivity index (χ4n) is 6.55. The minimum atomic E-state index is -1.98. The minimum Gasteiger partial charge on any atom is -0.508 e. The highest BCUT2D eigenvalue weighted by Gasteiger charge is 2.51. The Morgan fingerprint density at radius 3 is 2.56 bits per heavy atom. The van der Waals surface area contributed by atoms with Crippen LogP contribution in [0.1, 0.15) is 76.6 Å². The zero-order chi connectivity index (χ0) is 39.5. The molecule has 0 fully saturated rings. The molecule has 0 saturated carbocycles. The van der Waals surface area contributed by atoms with Gasteiger partial charge in [0.05, 0.1) is 41.2 Å². The number of phenolic OH excluding ortho intramolecular Hbond substituents is 1. The molecule has 4 atom stereocenters. The number of hydrogen-bond acceptors (Lipinski definition) is 14. The lowest BCUT2D eigenvalue weighted by Gasteiger charge is -2.36. The van der Waals surface area contributed by atoms with Gasteiger partial charge in [-0.25, -0.2) is 19.4 Å². The van der Waals surface area contributed by atoms with E-state index in [1.54, 1.807) is 50.5 Å². The fraction of sp³-hybridized carbons (Fsp3) is 0.514. The van der Waals surface area contributed by atoms with Gasteiger partial charge < -0.3 is 54.8 Å². The molecule has 6 N–H and O–H groups in total. The second kappa shape index (κ2) is 16.1. The summed E-state index contributed by atoms with van der Waals surface area (Å²) in [4.78, 5) is 70.7. The zero-order valence-electron chi connectivity index (χ0n) is 31.1. The number of fused-ring (bicyclic) bond motifs is 5. The number of hydrogen-bond donors (Lipinski definition) is 5. The molecule has 2 aromatic heterocycles. The monoisotopic (exact) mass is 753 g/mol. The van der Waals surface area contributed by atoms with Crippen molar-refractivity contribution in [1.82, 2.24) is 20.2 Å². The molecule has 1 aromatic carbocycles. The first-order chi connectivity index (χ1) is 25.5. The minimum absolute atomic E-state index is 0.0731. The van der Waals surface area contributed by atoms with Crippen molar-refractivity contribution < 1.29 is 53.1 Å². The molecule has 17 heteroatoms. The number of carbonyl (C=O) groups excluding carboxylic acids is 4. The first-order valence-corrected chi connectivity index (χ1v) is 17.7. The maximum atomic E-state index is 14.0. The summed E-state index contributed by atoms with van der Waals surface area (Å²) in [6.45, 7) is 9.16. The lowest BCUT2D eigenvalue weighted by atomic mass is 9.85. The van der Waals surface area contributed by atoms with Crippen LogP contribution < -0.4 is 21.9 Å². The van der Waals surface area contributed by atoms with Crippen LogP contribution in [0.4, 0.5) is 4.79 Å². The lowest BCUT2D eigenvalue weighted by molar-refractivity contribution is -0.232. The number of aliphatic hydroxyl groups is 1. The summed E-state index contributed by atoms with van der Waals surface area (Å²) in [5.41, 5.74) is 6.26. The van der Waals surface area contributed by atoms with Crippen molar-refractivity contribution in [2.45, 2.75) is 104 Å². The number of amides is 2. The van der Waals surface area contributed by atoms with Crippen molar-refractivity contribution in [3.05, 3.63) is 56.9 Å². The molecule has 292 valence electrons. The number of carbonyl (C=O) groups is 4. The molecule has 2 aliphatic rings. The van der Waals surface area contributed by atoms with E-state index in [2.05, 4.69) is 10.6 Å². The number of nitrogens with two attached hydrogens (primary N) is 1. The van der Waals surface area contributed by atoms with E-state index in [9.17, 15) is 29.1 Å². The number of phenols is 1. The highest BCUT2D eigenvalue weighted by atomic mass is 16.7. The van der Waals surface area contributed by atoms with Gasteiger partial charge in [-0.2, -0.15) is 0 Å². The number of ether oxygens (including phenoxy) is 5. The van der Waals surface area contributed by atoms with E-state index >= 15 is 0 Å². The van der Waals surface area contributed by atoms with Crippen LogP contribution in [0, 0.1) is 0 Å². The maximum absolute atomic E-state index is 14.0. The van der Waals surface area contributed by atoms with Crippen LogP contribution >= 0.6 is 0 Å². The number of cyclic esters (lactones) is 1. The fourth-order valence-corrected chi connectivity index (χ4v) is 6.55. The highest BCUT2D eigenvalue weighted by molar-refractivity contribution is 5.91. The second-order valence-electron chi connectivity index (χ2n) is 14.0. The molecule has 0 aliphatic carbocycles. The SMILES string of the molecule is CCc1c2c(nc3ccc(O)cc13)-c1cc3c(c(=O)n1C2)COC(=O)[C@@]3(CC)OC(=O)[C@H](C)NC(=O)CCNC(=O)OCC(OC(N)CO)OC(C)(C)C. The number of nitrogens with one attached hydrogen (secondary N) is 2. The van der Waals surface area contributed by atoms with Crippen molar-refractivity contribution in [2.75, 3.05) is 19.8 Å². The van der Waals surface area contributed by atoms with Gasteiger partial charge in [0.25, 0.3) is 5.56 Å². The maximum Gasteiger partial charge on any atom is 0.407 e. The van der Waals surface area contributed by atoms with Gasteiger partial charge in [-0.3, -0.25) is 9.59 Å². The van der Waals surface area contributed by atoms with Crippen molar-refractivity contribution in [1.29, 1.82) is 0 Å². The van der Waals surface area contributed by atoms with Gasteiger partial charge in [-0.05, 0) is 70.4 Å². The predicted octanol–water partition coefficient (Wildman–Crippen LogP) is 1.95. The van der Waals surface area contributed by atoms with Crippen LogP contribution in [-0.2, 0) is 63.2 Å². The highest BCUT2D eigenvalue weighted by Crippen LogP contribution is 2.42. The van der Waals surface area contributed by atoms with Crippen molar-refractivity contribution in [2.24, 2.45) is 5.73 Å². The summed E-state index contributed by atoms with van der Waals surface area (Å²) in [7, 11) is 0. The summed E-state index contributed by atoms with van der Waals surface area (Å²) >= 11 is 0. The Kier molecular flexibility index (Phi) is 12.0. The van der Waals surface area contributed by atoms with Crippen molar-refractivity contribution in [3.63, 3.8) is 0 Å². The van der Waals surface area contributed by atoms with Crippen LogP contribution in [0.15, 0.2) is 29.1 Å². The number of rotatable bonds is 14. The quantitative estimate of drug-likeness (QED) is 0.0703. The zero-order valence-corrected chi connectivity index (χ0v) is 31.1. The van der Waals surface area contributed by atoms with Gasteiger partial charge in [0.2, 0.25) is 11.5 Å². The molecule has 0 radical (unpaired) electrons. The van der Waals surface area contributed by atoms with E-state index < -0.39 is 65.9 Å². The molecule has 5 rings (SSSR count). The third-order valence-corrected chi connectivity index (χ3v) is 9.08. The first-order valence-electron chi connectivity index (χ1n) is 17.7. The van der Waals surface area contributed by atoms with E-state index in [0.717, 1.165) is 16.5 Å². The topological polar surface area (TPSA) is 240 Å². The Morgan fingerprint density at radius 1 is 1.15 bits per heavy atom. The number of aromatic hydroxyl groups is 1. The van der Waals surface area contributed by atoms with E-state index in [-0.39, 0.29) is 56.0 Å². The molecule has 2 unspecified atom stereocenters. The second-order valence-corrected chi connectivity index (χ2v) is 14.0. The molecule has 2 aliphatic heterocycles. The molecular formula is C37H47N5O12. The number of nitrogens with zero attached hydrogens (tertiary/aromatic N) is 2. The van der Waals surface area contributed by atoms with Gasteiger partial charge in [0.15, 0.2) is 6.29 Å². The number of aryl methyl sites for hydroxylation is 1. The Balaban J connectivity index is 1.26. The molecular weight excluding hydrogens is 706 g/mol. The number of aliphatic hydroxyl groups excluding tert-OH is 1. The van der Waals surface area contributed by atoms with Crippen molar-refractivity contribution >= 4 is 34.8 Å². The first kappa shape index (κ1) is 40.1. The average Bonchev–Trinajstić information content (AvgIpc) is 3.48. The van der Waals surface area contributed by atoms with E-state index in [1.807, 2.05) is 6.92 Å². The molecule has 0 bridgehead atoms. The molecule has 4 heterocycles. The number of pyridine rings is 2. The molecule has 54 heavy (non-hydrogen) atoms. The average molecular weight is 754 g/mol. The molecule has 0 spiro atoms. The number of aromatic nitrogens is 2. The van der Waals surface area contributed by atoms with E-state index in [1.165, 1.54) is 13.0 Å². The largest absolute Gasteiger partial charge is 0.508 e. The predicted molar refractivity (Wildman–Crippen MR) is 192 cm³/mol.